The molecule has 0 saturated carbocycles. The first-order valence-corrected chi connectivity index (χ1v) is 9.20. The Labute approximate surface area is 141 Å². The number of likely N-dealkylation sites (tertiary alicyclic amines) is 1. The van der Waals surface area contributed by atoms with Gasteiger partial charge < -0.3 is 9.47 Å². The summed E-state index contributed by atoms with van der Waals surface area (Å²) in [4.78, 5) is 15.0. The number of piperidine rings is 1. The molecule has 2 aromatic rings. The minimum atomic E-state index is -0.130. The molecule has 6 heteroatoms. The molecule has 23 heavy (non-hydrogen) atoms. The number of nitrogens with zero attached hydrogens (tertiary/aromatic N) is 4. The number of thioether (sulfide) groups is 1. The van der Waals surface area contributed by atoms with Gasteiger partial charge in [-0.15, -0.1) is 22.0 Å². The Kier molecular flexibility index (Phi) is 5.00. The molecular formula is C17H22N4OS. The van der Waals surface area contributed by atoms with Gasteiger partial charge >= 0.3 is 0 Å². The molecule has 5 nitrogen and oxygen atoms in total. The summed E-state index contributed by atoms with van der Waals surface area (Å²) >= 11 is 1.60. The van der Waals surface area contributed by atoms with Gasteiger partial charge in [-0.25, -0.2) is 0 Å². The van der Waals surface area contributed by atoms with Gasteiger partial charge in [-0.1, -0.05) is 30.3 Å². The average molecular weight is 330 g/mol. The second kappa shape index (κ2) is 7.17. The summed E-state index contributed by atoms with van der Waals surface area (Å²) in [5, 5.41) is 8.07. The van der Waals surface area contributed by atoms with Gasteiger partial charge in [-0.2, -0.15) is 0 Å². The lowest BCUT2D eigenvalue weighted by atomic mass is 9.96. The van der Waals surface area contributed by atoms with Crippen LogP contribution >= 0.6 is 11.8 Å². The SMILES string of the molecule is CS[C@@H](C(=O)N1CCC[C@H](c2nncn2C)C1)c1ccccc1. The van der Waals surface area contributed by atoms with E-state index in [1.165, 1.54) is 0 Å². The maximum atomic E-state index is 13.0. The van der Waals surface area contributed by atoms with Crippen molar-refractivity contribution in [2.45, 2.75) is 24.0 Å². The van der Waals surface area contributed by atoms with Crippen molar-refractivity contribution < 1.29 is 4.79 Å². The van der Waals surface area contributed by atoms with Crippen molar-refractivity contribution in [1.82, 2.24) is 19.7 Å². The number of aryl methyl sites for hydroxylation is 1. The van der Waals surface area contributed by atoms with Gasteiger partial charge in [0.15, 0.2) is 0 Å². The quantitative estimate of drug-likeness (QED) is 0.865. The Bertz CT molecular complexity index is 658. The summed E-state index contributed by atoms with van der Waals surface area (Å²) < 4.78 is 1.96. The highest BCUT2D eigenvalue weighted by Gasteiger charge is 2.31. The average Bonchev–Trinajstić information content (AvgIpc) is 3.02. The molecule has 0 unspecified atom stereocenters. The number of aromatic nitrogens is 3. The van der Waals surface area contributed by atoms with Gasteiger partial charge in [-0.3, -0.25) is 4.79 Å². The number of carbonyl (C=O) groups is 1. The van der Waals surface area contributed by atoms with E-state index < -0.39 is 0 Å². The number of carbonyl (C=O) groups excluding carboxylic acids is 1. The van der Waals surface area contributed by atoms with E-state index in [1.54, 1.807) is 18.1 Å². The van der Waals surface area contributed by atoms with Crippen LogP contribution in [0.25, 0.3) is 0 Å². The molecule has 1 saturated heterocycles. The van der Waals surface area contributed by atoms with E-state index in [9.17, 15) is 4.79 Å². The molecule has 1 aromatic carbocycles. The summed E-state index contributed by atoms with van der Waals surface area (Å²) in [6.45, 7) is 1.56. The Morgan fingerprint density at radius 1 is 1.35 bits per heavy atom. The zero-order chi connectivity index (χ0) is 16.2. The molecule has 2 atom stereocenters. The van der Waals surface area contributed by atoms with Crippen LogP contribution in [0.2, 0.25) is 0 Å². The smallest absolute Gasteiger partial charge is 0.240 e. The molecule has 0 bridgehead atoms. The fourth-order valence-electron chi connectivity index (χ4n) is 3.22. The third-order valence-electron chi connectivity index (χ3n) is 4.41. The van der Waals surface area contributed by atoms with Crippen molar-refractivity contribution in [2.24, 2.45) is 7.05 Å². The summed E-state index contributed by atoms with van der Waals surface area (Å²) in [5.41, 5.74) is 1.07. The number of rotatable bonds is 4. The lowest BCUT2D eigenvalue weighted by Crippen LogP contribution is -2.41. The first kappa shape index (κ1) is 16.1. The van der Waals surface area contributed by atoms with Gasteiger partial charge in [0.25, 0.3) is 0 Å². The van der Waals surface area contributed by atoms with Crippen molar-refractivity contribution in [1.29, 1.82) is 0 Å². The predicted molar refractivity (Wildman–Crippen MR) is 92.3 cm³/mol. The molecule has 1 fully saturated rings. The molecule has 0 N–H and O–H groups in total. The molecule has 0 spiro atoms. The lowest BCUT2D eigenvalue weighted by Gasteiger charge is -2.34. The number of amides is 1. The van der Waals surface area contributed by atoms with Gasteiger partial charge in [0.05, 0.1) is 0 Å². The Balaban J connectivity index is 1.75. The second-order valence-corrected chi connectivity index (χ2v) is 6.89. The molecule has 3 rings (SSSR count). The molecule has 1 aliphatic rings. The molecule has 0 aliphatic carbocycles. The number of hydrogen-bond donors (Lipinski definition) is 0. The van der Waals surface area contributed by atoms with Crippen LogP contribution in [-0.2, 0) is 11.8 Å². The Morgan fingerprint density at radius 2 is 2.13 bits per heavy atom. The maximum Gasteiger partial charge on any atom is 0.240 e. The van der Waals surface area contributed by atoms with Crippen molar-refractivity contribution in [2.75, 3.05) is 19.3 Å². The minimum Gasteiger partial charge on any atom is -0.341 e. The number of benzene rings is 1. The third kappa shape index (κ3) is 3.42. The summed E-state index contributed by atoms with van der Waals surface area (Å²) in [6.07, 6.45) is 5.80. The van der Waals surface area contributed by atoms with Crippen molar-refractivity contribution >= 4 is 17.7 Å². The normalized spacial score (nSPS) is 19.6. The van der Waals surface area contributed by atoms with Crippen LogP contribution in [0, 0.1) is 0 Å². The van der Waals surface area contributed by atoms with Crippen LogP contribution < -0.4 is 0 Å². The molecule has 2 heterocycles. The van der Waals surface area contributed by atoms with E-state index in [0.717, 1.165) is 37.3 Å². The van der Waals surface area contributed by atoms with E-state index in [0.29, 0.717) is 0 Å². The van der Waals surface area contributed by atoms with E-state index >= 15 is 0 Å². The summed E-state index contributed by atoms with van der Waals surface area (Å²) in [7, 11) is 1.96. The molecule has 1 aromatic heterocycles. The predicted octanol–water partition coefficient (Wildman–Crippen LogP) is 2.63. The van der Waals surface area contributed by atoms with Crippen LogP contribution in [0.3, 0.4) is 0 Å². The van der Waals surface area contributed by atoms with Crippen LogP contribution in [0.5, 0.6) is 0 Å². The van der Waals surface area contributed by atoms with Gasteiger partial charge in [0, 0.05) is 26.1 Å². The monoisotopic (exact) mass is 330 g/mol. The van der Waals surface area contributed by atoms with E-state index in [2.05, 4.69) is 10.2 Å². The fourth-order valence-corrected chi connectivity index (χ4v) is 4.00. The van der Waals surface area contributed by atoms with E-state index in [1.807, 2.05) is 53.1 Å². The molecule has 1 amide bonds. The molecule has 0 radical (unpaired) electrons. The van der Waals surface area contributed by atoms with Crippen molar-refractivity contribution in [3.63, 3.8) is 0 Å². The highest BCUT2D eigenvalue weighted by Crippen LogP contribution is 2.32. The standard InChI is InChI=1S/C17H22N4OS/c1-20-12-18-19-16(20)14-9-6-10-21(11-14)17(22)15(23-2)13-7-4-3-5-8-13/h3-5,7-8,12,14-15H,6,9-11H2,1-2H3/t14-,15+/m0/s1. The minimum absolute atomic E-state index is 0.130. The molecular weight excluding hydrogens is 308 g/mol. The van der Waals surface area contributed by atoms with E-state index in [4.69, 9.17) is 0 Å². The molecule has 1 aliphatic heterocycles. The van der Waals surface area contributed by atoms with Crippen LogP contribution in [-0.4, -0.2) is 44.9 Å². The fraction of sp³-hybridized carbons (Fsp3) is 0.471. The zero-order valence-corrected chi connectivity index (χ0v) is 14.4. The van der Waals surface area contributed by atoms with Crippen LogP contribution in [0.1, 0.15) is 35.4 Å². The van der Waals surface area contributed by atoms with Crippen LogP contribution in [0.4, 0.5) is 0 Å². The molecule has 122 valence electrons. The third-order valence-corrected chi connectivity index (χ3v) is 5.35. The highest BCUT2D eigenvalue weighted by molar-refractivity contribution is 7.99. The van der Waals surface area contributed by atoms with Gasteiger partial charge in [-0.05, 0) is 24.7 Å². The lowest BCUT2D eigenvalue weighted by molar-refractivity contribution is -0.132. The van der Waals surface area contributed by atoms with Crippen molar-refractivity contribution in [3.05, 3.63) is 48.0 Å². The highest BCUT2D eigenvalue weighted by atomic mass is 32.2. The topological polar surface area (TPSA) is 51.0 Å². The maximum absolute atomic E-state index is 13.0. The summed E-state index contributed by atoms with van der Waals surface area (Å²) in [6, 6.07) is 10.0. The number of hydrogen-bond acceptors (Lipinski definition) is 4. The van der Waals surface area contributed by atoms with Gasteiger partial charge in [0.1, 0.15) is 17.4 Å². The first-order valence-electron chi connectivity index (χ1n) is 7.91. The summed E-state index contributed by atoms with van der Waals surface area (Å²) in [5.74, 6) is 1.46. The zero-order valence-electron chi connectivity index (χ0n) is 13.6. The van der Waals surface area contributed by atoms with Crippen LogP contribution in [0.15, 0.2) is 36.7 Å². The Hall–Kier alpha value is -1.82. The van der Waals surface area contributed by atoms with Crippen molar-refractivity contribution in [3.8, 4) is 0 Å². The van der Waals surface area contributed by atoms with Gasteiger partial charge in [0.2, 0.25) is 5.91 Å². The second-order valence-electron chi connectivity index (χ2n) is 5.95. The largest absolute Gasteiger partial charge is 0.341 e. The van der Waals surface area contributed by atoms with E-state index in [-0.39, 0.29) is 17.1 Å². The Morgan fingerprint density at radius 3 is 2.78 bits per heavy atom. The first-order chi connectivity index (χ1) is 11.2.